The Morgan fingerprint density at radius 1 is 1.20 bits per heavy atom. The van der Waals surface area contributed by atoms with Gasteiger partial charge in [0.15, 0.2) is 0 Å². The molecule has 1 N–H and O–H groups in total. The Balaban J connectivity index is 0.000001000. The number of nitrogens with zero attached hydrogens (tertiary/aromatic N) is 1. The Labute approximate surface area is 135 Å². The maximum atomic E-state index is 13.5. The second-order valence-electron chi connectivity index (χ2n) is 4.64. The monoisotopic (exact) mass is 336 g/mol. The first-order valence-electron chi connectivity index (χ1n) is 6.37. The van der Waals surface area contributed by atoms with Crippen molar-refractivity contribution in [3.05, 3.63) is 35.2 Å². The Morgan fingerprint density at radius 2 is 1.90 bits per heavy atom. The summed E-state index contributed by atoms with van der Waals surface area (Å²) in [5, 5.41) is 6.65. The number of hydrogen-bond acceptors (Lipinski definition) is 3. The fraction of sp³-hybridized carbons (Fsp3) is 0.429. The number of piperazine rings is 1. The molecule has 112 valence electrons. The predicted octanol–water partition coefficient (Wildman–Crippen LogP) is 3.66. The molecule has 3 rings (SSSR count). The zero-order valence-corrected chi connectivity index (χ0v) is 13.5. The van der Waals surface area contributed by atoms with E-state index in [2.05, 4.69) is 27.7 Å². The predicted molar refractivity (Wildman–Crippen MR) is 89.5 cm³/mol. The van der Waals surface area contributed by atoms with Gasteiger partial charge in [-0.05, 0) is 22.4 Å². The van der Waals surface area contributed by atoms with Gasteiger partial charge in [-0.1, -0.05) is 18.2 Å². The van der Waals surface area contributed by atoms with Crippen molar-refractivity contribution in [2.45, 2.75) is 6.04 Å². The third kappa shape index (κ3) is 3.43. The van der Waals surface area contributed by atoms with Crippen LogP contribution in [0.2, 0.25) is 0 Å². The van der Waals surface area contributed by atoms with Gasteiger partial charge in [-0.3, -0.25) is 4.90 Å². The highest BCUT2D eigenvalue weighted by Crippen LogP contribution is 2.33. The van der Waals surface area contributed by atoms with Gasteiger partial charge in [-0.25, -0.2) is 4.39 Å². The van der Waals surface area contributed by atoms with Crippen LogP contribution in [0.15, 0.2) is 29.6 Å². The minimum absolute atomic E-state index is 0. The van der Waals surface area contributed by atoms with Crippen LogP contribution in [-0.2, 0) is 0 Å². The average Bonchev–Trinajstić information content (AvgIpc) is 2.85. The summed E-state index contributed by atoms with van der Waals surface area (Å²) in [5.41, 5.74) is 1.15. The topological polar surface area (TPSA) is 15.3 Å². The summed E-state index contributed by atoms with van der Waals surface area (Å²) in [7, 11) is 0. The minimum Gasteiger partial charge on any atom is -0.314 e. The summed E-state index contributed by atoms with van der Waals surface area (Å²) in [6.07, 6.45) is 0. The first kappa shape index (κ1) is 17.7. The van der Waals surface area contributed by atoms with Gasteiger partial charge in [0, 0.05) is 30.9 Å². The number of thiophene rings is 1. The fourth-order valence-corrected chi connectivity index (χ4v) is 3.64. The standard InChI is InChI=1S/C14H17FN2S.2ClH/c15-9-13(17-7-5-16-6-8-17)12-10-18-14-4-2-1-3-11(12)14;;/h1-4,10,13,16H,5-9H2;2*1H/t13-;;/m1../s1. The SMILES string of the molecule is Cl.Cl.FC[C@H](c1csc2ccccc12)N1CCNCC1. The van der Waals surface area contributed by atoms with E-state index >= 15 is 0 Å². The van der Waals surface area contributed by atoms with Gasteiger partial charge in [0.1, 0.15) is 6.67 Å². The van der Waals surface area contributed by atoms with Gasteiger partial charge in [0.05, 0.1) is 6.04 Å². The second kappa shape index (κ2) is 8.15. The molecule has 2 nitrogen and oxygen atoms in total. The van der Waals surface area contributed by atoms with Gasteiger partial charge in [-0.2, -0.15) is 0 Å². The molecule has 1 aliphatic heterocycles. The molecule has 1 fully saturated rings. The Bertz CT molecular complexity index is 529. The number of nitrogens with one attached hydrogen (secondary N) is 1. The number of fused-ring (bicyclic) bond motifs is 1. The molecule has 2 aromatic rings. The summed E-state index contributed by atoms with van der Waals surface area (Å²) in [6.45, 7) is 3.47. The van der Waals surface area contributed by atoms with Crippen LogP contribution in [0.3, 0.4) is 0 Å². The molecule has 0 unspecified atom stereocenters. The van der Waals surface area contributed by atoms with Crippen LogP contribution in [0.25, 0.3) is 10.1 Å². The van der Waals surface area contributed by atoms with Gasteiger partial charge >= 0.3 is 0 Å². The molecule has 6 heteroatoms. The van der Waals surface area contributed by atoms with Crippen molar-refractivity contribution in [3.8, 4) is 0 Å². The molecule has 1 saturated heterocycles. The maximum Gasteiger partial charge on any atom is 0.109 e. The van der Waals surface area contributed by atoms with E-state index in [1.807, 2.05) is 12.1 Å². The van der Waals surface area contributed by atoms with Crippen molar-refractivity contribution in [2.24, 2.45) is 0 Å². The molecular formula is C14H19Cl2FN2S. The van der Waals surface area contributed by atoms with Crippen LogP contribution < -0.4 is 5.32 Å². The summed E-state index contributed by atoms with van der Waals surface area (Å²) >= 11 is 1.71. The third-order valence-electron chi connectivity index (χ3n) is 3.61. The van der Waals surface area contributed by atoms with Crippen molar-refractivity contribution in [3.63, 3.8) is 0 Å². The first-order valence-corrected chi connectivity index (χ1v) is 7.25. The van der Waals surface area contributed by atoms with E-state index in [1.165, 1.54) is 10.1 Å². The first-order chi connectivity index (χ1) is 8.90. The van der Waals surface area contributed by atoms with E-state index < -0.39 is 0 Å². The zero-order chi connectivity index (χ0) is 12.4. The van der Waals surface area contributed by atoms with Gasteiger partial charge in [0.2, 0.25) is 0 Å². The Kier molecular flexibility index (Phi) is 7.20. The highest BCUT2D eigenvalue weighted by atomic mass is 35.5. The highest BCUT2D eigenvalue weighted by Gasteiger charge is 2.24. The lowest BCUT2D eigenvalue weighted by atomic mass is 10.0. The maximum absolute atomic E-state index is 13.5. The average molecular weight is 337 g/mol. The van der Waals surface area contributed by atoms with E-state index in [9.17, 15) is 4.39 Å². The van der Waals surface area contributed by atoms with Crippen LogP contribution in [0.1, 0.15) is 11.6 Å². The smallest absolute Gasteiger partial charge is 0.109 e. The number of rotatable bonds is 3. The zero-order valence-electron chi connectivity index (χ0n) is 11.0. The molecule has 1 atom stereocenters. The molecule has 1 aromatic carbocycles. The lowest BCUT2D eigenvalue weighted by Gasteiger charge is -2.33. The lowest BCUT2D eigenvalue weighted by molar-refractivity contribution is 0.149. The molecule has 0 bridgehead atoms. The Hall–Kier alpha value is -0.390. The van der Waals surface area contributed by atoms with E-state index in [0.29, 0.717) is 0 Å². The molecule has 0 saturated carbocycles. The molecule has 20 heavy (non-hydrogen) atoms. The summed E-state index contributed by atoms with van der Waals surface area (Å²) in [5.74, 6) is 0. The second-order valence-corrected chi connectivity index (χ2v) is 5.55. The van der Waals surface area contributed by atoms with E-state index in [4.69, 9.17) is 0 Å². The van der Waals surface area contributed by atoms with Crippen molar-refractivity contribution in [1.29, 1.82) is 0 Å². The highest BCUT2D eigenvalue weighted by molar-refractivity contribution is 7.17. The van der Waals surface area contributed by atoms with Gasteiger partial charge in [-0.15, -0.1) is 36.2 Å². The van der Waals surface area contributed by atoms with Crippen LogP contribution in [0, 0.1) is 0 Å². The minimum atomic E-state index is -0.305. The lowest BCUT2D eigenvalue weighted by Crippen LogP contribution is -2.45. The Morgan fingerprint density at radius 3 is 2.60 bits per heavy atom. The van der Waals surface area contributed by atoms with Gasteiger partial charge in [0.25, 0.3) is 0 Å². The van der Waals surface area contributed by atoms with Gasteiger partial charge < -0.3 is 5.32 Å². The summed E-state index contributed by atoms with van der Waals surface area (Å²) in [6, 6.07) is 8.20. The van der Waals surface area contributed by atoms with E-state index in [1.54, 1.807) is 11.3 Å². The molecule has 2 heterocycles. The van der Waals surface area contributed by atoms with Crippen LogP contribution in [0.4, 0.5) is 4.39 Å². The number of alkyl halides is 1. The van der Waals surface area contributed by atoms with Crippen LogP contribution in [0.5, 0.6) is 0 Å². The summed E-state index contributed by atoms with van der Waals surface area (Å²) in [4.78, 5) is 2.25. The van der Waals surface area contributed by atoms with Crippen molar-refractivity contribution >= 4 is 46.2 Å². The van der Waals surface area contributed by atoms with Crippen LogP contribution in [-0.4, -0.2) is 37.8 Å². The molecule has 0 aliphatic carbocycles. The molecule has 0 radical (unpaired) electrons. The quantitative estimate of drug-likeness (QED) is 0.920. The molecule has 1 aromatic heterocycles. The molecular weight excluding hydrogens is 318 g/mol. The van der Waals surface area contributed by atoms with Crippen molar-refractivity contribution < 1.29 is 4.39 Å². The van der Waals surface area contributed by atoms with E-state index in [-0.39, 0.29) is 37.5 Å². The molecule has 0 spiro atoms. The normalized spacial score (nSPS) is 17.2. The fourth-order valence-electron chi connectivity index (χ4n) is 2.63. The van der Waals surface area contributed by atoms with Crippen molar-refractivity contribution in [2.75, 3.05) is 32.9 Å². The van der Waals surface area contributed by atoms with Crippen molar-refractivity contribution in [1.82, 2.24) is 10.2 Å². The van der Waals surface area contributed by atoms with E-state index in [0.717, 1.165) is 31.7 Å². The molecule has 1 aliphatic rings. The number of halogens is 3. The summed E-state index contributed by atoms with van der Waals surface area (Å²) < 4.78 is 14.7. The molecule has 0 amide bonds. The van der Waals surface area contributed by atoms with Crippen LogP contribution >= 0.6 is 36.2 Å². The third-order valence-corrected chi connectivity index (χ3v) is 4.59. The number of hydrogen-bond donors (Lipinski definition) is 1. The largest absolute Gasteiger partial charge is 0.314 e. The number of benzene rings is 1.